The number of rotatable bonds is 16. The van der Waals surface area contributed by atoms with Gasteiger partial charge in [0.05, 0.1) is 39.9 Å². The Labute approximate surface area is 338 Å². The fourth-order valence-corrected chi connectivity index (χ4v) is 8.15. The Bertz CT molecular complexity index is 2320. The van der Waals surface area contributed by atoms with E-state index in [1.807, 2.05) is 0 Å². The second-order valence-corrected chi connectivity index (χ2v) is 15.0. The lowest BCUT2D eigenvalue weighted by Crippen LogP contribution is -2.11. The van der Waals surface area contributed by atoms with Crippen LogP contribution in [0.1, 0.15) is 92.1 Å². The van der Waals surface area contributed by atoms with E-state index in [-0.39, 0.29) is 6.04 Å². The molecule has 0 amide bonds. The topological polar surface area (TPSA) is 29.6 Å². The molecule has 1 heterocycles. The second-order valence-electron chi connectivity index (χ2n) is 15.0. The lowest BCUT2D eigenvalue weighted by atomic mass is 9.98. The Morgan fingerprint density at radius 1 is 0.421 bits per heavy atom. The van der Waals surface area contributed by atoms with E-state index in [0.29, 0.717) is 0 Å². The van der Waals surface area contributed by atoms with Crippen LogP contribution < -0.4 is 0 Å². The molecular weight excluding hydrogens is 691 g/mol. The third kappa shape index (κ3) is 8.90. The van der Waals surface area contributed by atoms with E-state index < -0.39 is 0 Å². The van der Waals surface area contributed by atoms with Gasteiger partial charge in [0.15, 0.2) is 0 Å². The lowest BCUT2D eigenvalue weighted by Gasteiger charge is -2.23. The molecule has 57 heavy (non-hydrogen) atoms. The quantitative estimate of drug-likeness (QED) is 0.0697. The van der Waals surface area contributed by atoms with Crippen LogP contribution in [0.25, 0.3) is 21.8 Å². The standard InChI is InChI=1S/C54H51N3/c1-2-3-4-5-6-7-23-34-50(41-24-13-8-14-25-41)57-51-39-46(55-53(42-26-15-9-16-27-42)43-28-17-10-18-29-43)35-37-48(51)49-38-36-47(40-52(49)57)56-54(44-30-19-11-20-31-44)45-32-21-12-22-33-45/h8-22,24-33,35-40,50H,2-7,23,34H2,1H3. The van der Waals surface area contributed by atoms with E-state index in [9.17, 15) is 0 Å². The summed E-state index contributed by atoms with van der Waals surface area (Å²) in [4.78, 5) is 10.8. The van der Waals surface area contributed by atoms with Gasteiger partial charge in [-0.3, -0.25) is 0 Å². The summed E-state index contributed by atoms with van der Waals surface area (Å²) in [6.45, 7) is 2.29. The largest absolute Gasteiger partial charge is 0.333 e. The highest BCUT2D eigenvalue weighted by Crippen LogP contribution is 2.40. The molecule has 3 nitrogen and oxygen atoms in total. The van der Waals surface area contributed by atoms with Gasteiger partial charge < -0.3 is 4.57 Å². The van der Waals surface area contributed by atoms with Gasteiger partial charge in [0.2, 0.25) is 0 Å². The van der Waals surface area contributed by atoms with Gasteiger partial charge >= 0.3 is 0 Å². The molecule has 0 aliphatic carbocycles. The summed E-state index contributed by atoms with van der Waals surface area (Å²) >= 11 is 0. The van der Waals surface area contributed by atoms with Crippen LogP contribution in [-0.4, -0.2) is 16.0 Å². The molecule has 1 unspecified atom stereocenters. The maximum Gasteiger partial charge on any atom is 0.0781 e. The molecular formula is C54H51N3. The van der Waals surface area contributed by atoms with E-state index in [0.717, 1.165) is 51.5 Å². The Kier molecular flexibility index (Phi) is 12.2. The zero-order valence-corrected chi connectivity index (χ0v) is 33.0. The molecule has 1 aromatic heterocycles. The number of unbranched alkanes of at least 4 members (excludes halogenated alkanes) is 6. The van der Waals surface area contributed by atoms with Crippen molar-refractivity contribution in [1.82, 2.24) is 4.57 Å². The summed E-state index contributed by atoms with van der Waals surface area (Å²) in [7, 11) is 0. The van der Waals surface area contributed by atoms with E-state index in [4.69, 9.17) is 9.98 Å². The first-order chi connectivity index (χ1) is 28.3. The molecule has 282 valence electrons. The number of fused-ring (bicyclic) bond motifs is 3. The maximum atomic E-state index is 5.41. The number of nitrogens with zero attached hydrogens (tertiary/aromatic N) is 3. The van der Waals surface area contributed by atoms with Crippen molar-refractivity contribution in [3.05, 3.63) is 216 Å². The molecule has 0 aliphatic heterocycles. The van der Waals surface area contributed by atoms with Crippen LogP contribution in [0.5, 0.6) is 0 Å². The van der Waals surface area contributed by atoms with Gasteiger partial charge in [-0.25, -0.2) is 9.98 Å². The van der Waals surface area contributed by atoms with Crippen molar-refractivity contribution in [1.29, 1.82) is 0 Å². The van der Waals surface area contributed by atoms with Crippen LogP contribution in [0.2, 0.25) is 0 Å². The summed E-state index contributed by atoms with van der Waals surface area (Å²) < 4.78 is 2.60. The van der Waals surface area contributed by atoms with Crippen LogP contribution in [0.15, 0.2) is 198 Å². The van der Waals surface area contributed by atoms with Gasteiger partial charge in [-0.15, -0.1) is 0 Å². The summed E-state index contributed by atoms with van der Waals surface area (Å²) in [6.07, 6.45) is 10.0. The molecule has 8 aromatic rings. The fourth-order valence-electron chi connectivity index (χ4n) is 8.15. The third-order valence-corrected chi connectivity index (χ3v) is 11.0. The molecule has 1 atom stereocenters. The van der Waals surface area contributed by atoms with Gasteiger partial charge in [0.25, 0.3) is 0 Å². The molecule has 0 bridgehead atoms. The highest BCUT2D eigenvalue weighted by atomic mass is 15.0. The average molecular weight is 742 g/mol. The normalized spacial score (nSPS) is 11.7. The van der Waals surface area contributed by atoms with Gasteiger partial charge in [0.1, 0.15) is 0 Å². The molecule has 0 aliphatic rings. The van der Waals surface area contributed by atoms with Crippen molar-refractivity contribution < 1.29 is 0 Å². The van der Waals surface area contributed by atoms with Gasteiger partial charge in [-0.2, -0.15) is 0 Å². The van der Waals surface area contributed by atoms with E-state index >= 15 is 0 Å². The predicted molar refractivity (Wildman–Crippen MR) is 243 cm³/mol. The summed E-state index contributed by atoms with van der Waals surface area (Å²) in [5, 5.41) is 2.46. The molecule has 0 N–H and O–H groups in total. The Morgan fingerprint density at radius 3 is 1.19 bits per heavy atom. The molecule has 0 saturated carbocycles. The first kappa shape index (κ1) is 37.6. The SMILES string of the molecule is CCCCCCCCCC(c1ccccc1)n1c2cc(N=C(c3ccccc3)c3ccccc3)ccc2c2ccc(N=C(c3ccccc3)c3ccccc3)cc21. The Balaban J connectivity index is 1.31. The molecule has 0 saturated heterocycles. The second kappa shape index (κ2) is 18.5. The van der Waals surface area contributed by atoms with Crippen molar-refractivity contribution >= 4 is 44.6 Å². The van der Waals surface area contributed by atoms with Crippen molar-refractivity contribution in [3.63, 3.8) is 0 Å². The zero-order valence-electron chi connectivity index (χ0n) is 33.0. The minimum Gasteiger partial charge on any atom is -0.333 e. The first-order valence-corrected chi connectivity index (χ1v) is 20.8. The van der Waals surface area contributed by atoms with Crippen LogP contribution in [-0.2, 0) is 0 Å². The zero-order chi connectivity index (χ0) is 38.7. The monoisotopic (exact) mass is 741 g/mol. The van der Waals surface area contributed by atoms with Gasteiger partial charge in [-0.1, -0.05) is 216 Å². The smallest absolute Gasteiger partial charge is 0.0781 e. The molecule has 0 fully saturated rings. The number of aliphatic imine (C=N–C) groups is 2. The predicted octanol–water partition coefficient (Wildman–Crippen LogP) is 14.9. The third-order valence-electron chi connectivity index (χ3n) is 11.0. The molecule has 3 heteroatoms. The van der Waals surface area contributed by atoms with Crippen molar-refractivity contribution in [2.24, 2.45) is 9.98 Å². The highest BCUT2D eigenvalue weighted by molar-refractivity contribution is 6.16. The Morgan fingerprint density at radius 2 is 0.789 bits per heavy atom. The van der Waals surface area contributed by atoms with Gasteiger partial charge in [0, 0.05) is 33.0 Å². The summed E-state index contributed by atoms with van der Waals surface area (Å²) in [5.41, 5.74) is 11.9. The minimum absolute atomic E-state index is 0.144. The average Bonchev–Trinajstić information content (AvgIpc) is 3.59. The molecule has 0 radical (unpaired) electrons. The molecule has 7 aromatic carbocycles. The summed E-state index contributed by atoms with van der Waals surface area (Å²) in [6, 6.07) is 66.9. The first-order valence-electron chi connectivity index (χ1n) is 20.8. The lowest BCUT2D eigenvalue weighted by molar-refractivity contribution is 0.507. The minimum atomic E-state index is 0.144. The van der Waals surface area contributed by atoms with Gasteiger partial charge in [-0.05, 0) is 36.2 Å². The van der Waals surface area contributed by atoms with E-state index in [1.54, 1.807) is 0 Å². The van der Waals surface area contributed by atoms with Crippen LogP contribution in [0, 0.1) is 0 Å². The van der Waals surface area contributed by atoms with Crippen molar-refractivity contribution in [2.45, 2.75) is 64.3 Å². The van der Waals surface area contributed by atoms with E-state index in [1.165, 1.54) is 72.3 Å². The highest BCUT2D eigenvalue weighted by Gasteiger charge is 2.21. The number of hydrogen-bond acceptors (Lipinski definition) is 2. The number of benzene rings is 7. The number of hydrogen-bond donors (Lipinski definition) is 0. The number of aromatic nitrogens is 1. The Hall–Kier alpha value is -6.32. The molecule has 0 spiro atoms. The van der Waals surface area contributed by atoms with Crippen molar-refractivity contribution in [2.75, 3.05) is 0 Å². The fraction of sp³-hybridized carbons (Fsp3) is 0.185. The van der Waals surface area contributed by atoms with Crippen LogP contribution in [0.3, 0.4) is 0 Å². The maximum absolute atomic E-state index is 5.41. The van der Waals surface area contributed by atoms with Crippen LogP contribution in [0.4, 0.5) is 11.4 Å². The molecule has 8 rings (SSSR count). The van der Waals surface area contributed by atoms with Crippen molar-refractivity contribution in [3.8, 4) is 0 Å². The summed E-state index contributed by atoms with van der Waals surface area (Å²) in [5.74, 6) is 0. The van der Waals surface area contributed by atoms with E-state index in [2.05, 4.69) is 200 Å². The van der Waals surface area contributed by atoms with Crippen LogP contribution >= 0.6 is 0 Å².